The maximum atomic E-state index is 13.1. The van der Waals surface area contributed by atoms with Crippen molar-refractivity contribution >= 4 is 17.5 Å². The molecule has 0 aliphatic carbocycles. The van der Waals surface area contributed by atoms with Gasteiger partial charge in [0.25, 0.3) is 11.5 Å². The number of amides is 2. The van der Waals surface area contributed by atoms with Gasteiger partial charge in [-0.1, -0.05) is 51.1 Å². The first-order valence-corrected chi connectivity index (χ1v) is 11.1. The molecule has 0 aliphatic heterocycles. The summed E-state index contributed by atoms with van der Waals surface area (Å²) in [7, 11) is 0. The molecule has 2 amide bonds. The van der Waals surface area contributed by atoms with Gasteiger partial charge < -0.3 is 15.6 Å². The Morgan fingerprint density at radius 1 is 1.06 bits per heavy atom. The number of nitrogens with one attached hydrogen (secondary N) is 3. The molecule has 0 saturated heterocycles. The van der Waals surface area contributed by atoms with Crippen molar-refractivity contribution < 1.29 is 9.59 Å². The van der Waals surface area contributed by atoms with Gasteiger partial charge in [-0.2, -0.15) is 0 Å². The quantitative estimate of drug-likeness (QED) is 0.485. The molecule has 0 fully saturated rings. The van der Waals surface area contributed by atoms with Crippen LogP contribution in [0.15, 0.2) is 59.4 Å². The van der Waals surface area contributed by atoms with Crippen LogP contribution in [0.5, 0.6) is 0 Å². The van der Waals surface area contributed by atoms with Crippen LogP contribution in [-0.4, -0.2) is 27.8 Å². The van der Waals surface area contributed by atoms with E-state index >= 15 is 0 Å². The highest BCUT2D eigenvalue weighted by Gasteiger charge is 2.23. The summed E-state index contributed by atoms with van der Waals surface area (Å²) in [5, 5.41) is 5.78. The third-order valence-electron chi connectivity index (χ3n) is 5.28. The van der Waals surface area contributed by atoms with E-state index in [0.29, 0.717) is 41.2 Å². The van der Waals surface area contributed by atoms with Gasteiger partial charge in [0.1, 0.15) is 11.9 Å². The topological polar surface area (TPSA) is 104 Å². The molecule has 0 radical (unpaired) electrons. The van der Waals surface area contributed by atoms with Gasteiger partial charge in [0.05, 0.1) is 0 Å². The van der Waals surface area contributed by atoms with E-state index in [1.54, 1.807) is 30.3 Å². The number of rotatable bonds is 8. The van der Waals surface area contributed by atoms with Crippen LogP contribution in [0.4, 0.5) is 5.69 Å². The van der Waals surface area contributed by atoms with Gasteiger partial charge in [-0.25, -0.2) is 4.98 Å². The van der Waals surface area contributed by atoms with Gasteiger partial charge in [-0.3, -0.25) is 14.4 Å². The summed E-state index contributed by atoms with van der Waals surface area (Å²) in [6.45, 7) is 7.80. The first kappa shape index (κ1) is 23.9. The normalized spacial score (nSPS) is 11.8. The molecule has 1 aromatic heterocycles. The monoisotopic (exact) mass is 446 g/mol. The second kappa shape index (κ2) is 10.7. The third-order valence-corrected chi connectivity index (χ3v) is 5.28. The highest BCUT2D eigenvalue weighted by Crippen LogP contribution is 2.20. The number of aromatic nitrogens is 2. The van der Waals surface area contributed by atoms with Crippen molar-refractivity contribution in [1.82, 2.24) is 15.3 Å². The SMILES string of the molecule is CCc1cc(=O)[nH]c(-c2cccc(NC(=O)C(CC(C)C)NC(=O)c3ccccc3C)c2)n1. The molecule has 3 rings (SSSR count). The number of aromatic amines is 1. The van der Waals surface area contributed by atoms with Crippen molar-refractivity contribution in [2.45, 2.75) is 46.6 Å². The summed E-state index contributed by atoms with van der Waals surface area (Å²) in [4.78, 5) is 45.1. The van der Waals surface area contributed by atoms with Crippen LogP contribution in [0, 0.1) is 12.8 Å². The molecule has 7 nitrogen and oxygen atoms in total. The van der Waals surface area contributed by atoms with E-state index in [1.807, 2.05) is 45.9 Å². The smallest absolute Gasteiger partial charge is 0.252 e. The fourth-order valence-electron chi connectivity index (χ4n) is 3.57. The van der Waals surface area contributed by atoms with E-state index in [2.05, 4.69) is 20.6 Å². The highest BCUT2D eigenvalue weighted by molar-refractivity contribution is 6.02. The fourth-order valence-corrected chi connectivity index (χ4v) is 3.57. The average molecular weight is 447 g/mol. The average Bonchev–Trinajstić information content (AvgIpc) is 2.78. The number of benzene rings is 2. The number of hydrogen-bond donors (Lipinski definition) is 3. The lowest BCUT2D eigenvalue weighted by Crippen LogP contribution is -2.44. The summed E-state index contributed by atoms with van der Waals surface area (Å²) in [6, 6.07) is 15.2. The van der Waals surface area contributed by atoms with Gasteiger partial charge in [0, 0.05) is 28.6 Å². The molecule has 3 N–H and O–H groups in total. The maximum Gasteiger partial charge on any atom is 0.252 e. The number of H-pyrrole nitrogens is 1. The van der Waals surface area contributed by atoms with Crippen LogP contribution in [-0.2, 0) is 11.2 Å². The Morgan fingerprint density at radius 2 is 1.82 bits per heavy atom. The maximum absolute atomic E-state index is 13.1. The molecular formula is C26H30N4O3. The van der Waals surface area contributed by atoms with Gasteiger partial charge >= 0.3 is 0 Å². The lowest BCUT2D eigenvalue weighted by atomic mass is 10.0. The molecule has 172 valence electrons. The van der Waals surface area contributed by atoms with Crippen molar-refractivity contribution in [3.8, 4) is 11.4 Å². The minimum Gasteiger partial charge on any atom is -0.340 e. The standard InChI is InChI=1S/C26H30N4O3/c1-5-19-15-23(31)30-24(27-19)18-10-8-11-20(14-18)28-26(33)22(13-16(2)3)29-25(32)21-12-7-6-9-17(21)4/h6-12,14-16,22H,5,13H2,1-4H3,(H,28,33)(H,29,32)(H,27,30,31). The lowest BCUT2D eigenvalue weighted by Gasteiger charge is -2.21. The Bertz CT molecular complexity index is 1200. The summed E-state index contributed by atoms with van der Waals surface area (Å²) in [6.07, 6.45) is 1.14. The van der Waals surface area contributed by atoms with Gasteiger partial charge in [-0.15, -0.1) is 0 Å². The van der Waals surface area contributed by atoms with Crippen LogP contribution in [0.2, 0.25) is 0 Å². The zero-order valence-corrected chi connectivity index (χ0v) is 19.4. The van der Waals surface area contributed by atoms with Crippen molar-refractivity contribution in [3.05, 3.63) is 81.8 Å². The summed E-state index contributed by atoms with van der Waals surface area (Å²) in [5.41, 5.74) is 3.11. The van der Waals surface area contributed by atoms with Crippen molar-refractivity contribution in [1.29, 1.82) is 0 Å². The van der Waals surface area contributed by atoms with Gasteiger partial charge in [0.2, 0.25) is 5.91 Å². The van der Waals surface area contributed by atoms with Crippen molar-refractivity contribution in [2.24, 2.45) is 5.92 Å². The molecule has 1 heterocycles. The first-order chi connectivity index (χ1) is 15.8. The molecule has 1 atom stereocenters. The molecule has 33 heavy (non-hydrogen) atoms. The fraction of sp³-hybridized carbons (Fsp3) is 0.308. The molecule has 1 unspecified atom stereocenters. The lowest BCUT2D eigenvalue weighted by molar-refractivity contribution is -0.118. The van der Waals surface area contributed by atoms with E-state index < -0.39 is 6.04 Å². The molecule has 0 spiro atoms. The van der Waals surface area contributed by atoms with Crippen LogP contribution in [0.1, 0.15) is 48.8 Å². The molecule has 0 aliphatic rings. The zero-order chi connectivity index (χ0) is 24.0. The van der Waals surface area contributed by atoms with Gasteiger partial charge in [0.15, 0.2) is 0 Å². The van der Waals surface area contributed by atoms with Crippen molar-refractivity contribution in [2.75, 3.05) is 5.32 Å². The van der Waals surface area contributed by atoms with Crippen LogP contribution in [0.3, 0.4) is 0 Å². The Kier molecular flexibility index (Phi) is 7.77. The van der Waals surface area contributed by atoms with Crippen LogP contribution < -0.4 is 16.2 Å². The summed E-state index contributed by atoms with van der Waals surface area (Å²) < 4.78 is 0. The predicted molar refractivity (Wildman–Crippen MR) is 130 cm³/mol. The minimum atomic E-state index is -0.692. The van der Waals surface area contributed by atoms with Crippen LogP contribution >= 0.6 is 0 Å². The Balaban J connectivity index is 1.80. The molecule has 0 saturated carbocycles. The second-order valence-corrected chi connectivity index (χ2v) is 8.48. The van der Waals surface area contributed by atoms with E-state index in [9.17, 15) is 14.4 Å². The van der Waals surface area contributed by atoms with E-state index in [4.69, 9.17) is 0 Å². The van der Waals surface area contributed by atoms with Crippen LogP contribution in [0.25, 0.3) is 11.4 Å². The Hall–Kier alpha value is -3.74. The third kappa shape index (κ3) is 6.38. The molecule has 2 aromatic carbocycles. The second-order valence-electron chi connectivity index (χ2n) is 8.48. The Morgan fingerprint density at radius 3 is 2.52 bits per heavy atom. The molecule has 7 heteroatoms. The van der Waals surface area contributed by atoms with Gasteiger partial charge in [-0.05, 0) is 49.4 Å². The first-order valence-electron chi connectivity index (χ1n) is 11.1. The molecular weight excluding hydrogens is 416 g/mol. The molecule has 3 aromatic rings. The summed E-state index contributed by atoms with van der Waals surface area (Å²) >= 11 is 0. The number of aryl methyl sites for hydroxylation is 2. The van der Waals surface area contributed by atoms with E-state index in [-0.39, 0.29) is 23.3 Å². The number of nitrogens with zero attached hydrogens (tertiary/aromatic N) is 1. The number of anilines is 1. The van der Waals surface area contributed by atoms with Crippen molar-refractivity contribution in [3.63, 3.8) is 0 Å². The van der Waals surface area contributed by atoms with E-state index in [0.717, 1.165) is 5.56 Å². The largest absolute Gasteiger partial charge is 0.340 e. The number of carbonyl (C=O) groups is 2. The Labute approximate surface area is 193 Å². The zero-order valence-electron chi connectivity index (χ0n) is 19.4. The highest BCUT2D eigenvalue weighted by atomic mass is 16.2. The van der Waals surface area contributed by atoms with E-state index in [1.165, 1.54) is 6.07 Å². The molecule has 0 bridgehead atoms. The number of hydrogen-bond acceptors (Lipinski definition) is 4. The summed E-state index contributed by atoms with van der Waals surface area (Å²) in [5.74, 6) is 0.0738. The predicted octanol–water partition coefficient (Wildman–Crippen LogP) is 4.09. The number of carbonyl (C=O) groups excluding carboxylic acids is 2. The minimum absolute atomic E-state index is 0.204.